The van der Waals surface area contributed by atoms with Gasteiger partial charge < -0.3 is 16.0 Å². The molecule has 0 fully saturated rings. The van der Waals surface area contributed by atoms with Gasteiger partial charge in [-0.05, 0) is 18.1 Å². The molecule has 3 N–H and O–H groups in total. The number of nitrogens with one attached hydrogen (secondary N) is 3. The second-order valence-corrected chi connectivity index (χ2v) is 5.32. The molecule has 0 heterocycles. The minimum atomic E-state index is -0.536. The fraction of sp³-hybridized carbons (Fsp3) is 0.429. The van der Waals surface area contributed by atoms with Gasteiger partial charge in [0.2, 0.25) is 5.91 Å². The number of benzene rings is 1. The number of amides is 3. The standard InChI is InChI=1S/C14H19ClFN3O2/c1-8(2)13(10-5-4-9(15)6-11(10)16)19-14(21)18-7-12(20)17-3/h4-6,8,13H,7H2,1-3H3,(H,17,20)(H2,18,19,21). The molecule has 5 nitrogen and oxygen atoms in total. The van der Waals surface area contributed by atoms with Gasteiger partial charge in [0.15, 0.2) is 0 Å². The van der Waals surface area contributed by atoms with Crippen LogP contribution >= 0.6 is 11.6 Å². The fourth-order valence-corrected chi connectivity index (χ4v) is 1.96. The molecule has 1 atom stereocenters. The Morgan fingerprint density at radius 2 is 2.00 bits per heavy atom. The molecule has 0 aliphatic heterocycles. The number of likely N-dealkylation sites (N-methyl/N-ethyl adjacent to an activating group) is 1. The van der Waals surface area contributed by atoms with Crippen LogP contribution in [0, 0.1) is 11.7 Å². The highest BCUT2D eigenvalue weighted by Crippen LogP contribution is 2.26. The smallest absolute Gasteiger partial charge is 0.315 e. The van der Waals surface area contributed by atoms with Crippen LogP contribution in [-0.4, -0.2) is 25.5 Å². The lowest BCUT2D eigenvalue weighted by molar-refractivity contribution is -0.119. The van der Waals surface area contributed by atoms with Gasteiger partial charge in [-0.2, -0.15) is 0 Å². The van der Waals surface area contributed by atoms with Gasteiger partial charge in [-0.15, -0.1) is 0 Å². The van der Waals surface area contributed by atoms with Crippen LogP contribution in [0.1, 0.15) is 25.5 Å². The van der Waals surface area contributed by atoms with Crippen molar-refractivity contribution in [2.24, 2.45) is 5.92 Å². The first kappa shape index (κ1) is 17.2. The molecule has 0 bridgehead atoms. The molecule has 3 amide bonds. The zero-order valence-electron chi connectivity index (χ0n) is 12.2. The molecule has 1 rings (SSSR count). The van der Waals surface area contributed by atoms with Crippen molar-refractivity contribution in [3.05, 3.63) is 34.6 Å². The molecule has 0 radical (unpaired) electrons. The molecular formula is C14H19ClFN3O2. The van der Waals surface area contributed by atoms with Crippen molar-refractivity contribution in [3.63, 3.8) is 0 Å². The second-order valence-electron chi connectivity index (χ2n) is 4.89. The minimum absolute atomic E-state index is 0.0357. The molecule has 0 aromatic heterocycles. The van der Waals surface area contributed by atoms with Crippen LogP contribution in [0.5, 0.6) is 0 Å². The van der Waals surface area contributed by atoms with Crippen LogP contribution in [0.25, 0.3) is 0 Å². The van der Waals surface area contributed by atoms with E-state index in [4.69, 9.17) is 11.6 Å². The van der Waals surface area contributed by atoms with Crippen molar-refractivity contribution in [3.8, 4) is 0 Å². The molecule has 21 heavy (non-hydrogen) atoms. The van der Waals surface area contributed by atoms with E-state index in [1.807, 2.05) is 13.8 Å². The number of carbonyl (C=O) groups excluding carboxylic acids is 2. The maximum absolute atomic E-state index is 14.0. The molecule has 1 aromatic carbocycles. The van der Waals surface area contributed by atoms with Gasteiger partial charge in [-0.3, -0.25) is 4.79 Å². The Balaban J connectivity index is 2.78. The Kier molecular flexibility index (Phi) is 6.42. The first-order chi connectivity index (χ1) is 9.85. The van der Waals surface area contributed by atoms with Crippen LogP contribution in [-0.2, 0) is 4.79 Å². The van der Waals surface area contributed by atoms with Crippen molar-refractivity contribution in [2.75, 3.05) is 13.6 Å². The van der Waals surface area contributed by atoms with Crippen LogP contribution in [0.2, 0.25) is 5.02 Å². The number of rotatable bonds is 5. The summed E-state index contributed by atoms with van der Waals surface area (Å²) in [4.78, 5) is 22.8. The first-order valence-electron chi connectivity index (χ1n) is 6.55. The Morgan fingerprint density at radius 1 is 1.33 bits per heavy atom. The van der Waals surface area contributed by atoms with E-state index in [9.17, 15) is 14.0 Å². The van der Waals surface area contributed by atoms with Crippen molar-refractivity contribution in [1.29, 1.82) is 0 Å². The molecule has 0 aliphatic rings. The third-order valence-electron chi connectivity index (χ3n) is 2.94. The van der Waals surface area contributed by atoms with Crippen LogP contribution in [0.15, 0.2) is 18.2 Å². The highest BCUT2D eigenvalue weighted by Gasteiger charge is 2.21. The van der Waals surface area contributed by atoms with Crippen molar-refractivity contribution < 1.29 is 14.0 Å². The van der Waals surface area contributed by atoms with E-state index >= 15 is 0 Å². The molecule has 116 valence electrons. The van der Waals surface area contributed by atoms with Gasteiger partial charge in [0.1, 0.15) is 5.82 Å². The minimum Gasteiger partial charge on any atom is -0.358 e. The Labute approximate surface area is 128 Å². The number of urea groups is 1. The predicted octanol–water partition coefficient (Wildman–Crippen LogP) is 2.22. The number of hydrogen-bond acceptors (Lipinski definition) is 2. The zero-order chi connectivity index (χ0) is 16.0. The average molecular weight is 316 g/mol. The first-order valence-corrected chi connectivity index (χ1v) is 6.92. The van der Waals surface area contributed by atoms with Crippen molar-refractivity contribution in [2.45, 2.75) is 19.9 Å². The third-order valence-corrected chi connectivity index (χ3v) is 3.17. The Bertz CT molecular complexity index is 523. The van der Waals surface area contributed by atoms with Crippen LogP contribution < -0.4 is 16.0 Å². The van der Waals surface area contributed by atoms with E-state index in [0.29, 0.717) is 10.6 Å². The summed E-state index contributed by atoms with van der Waals surface area (Å²) in [5.41, 5.74) is 0.351. The fourth-order valence-electron chi connectivity index (χ4n) is 1.80. The molecule has 0 aliphatic carbocycles. The van der Waals surface area contributed by atoms with E-state index in [0.717, 1.165) is 0 Å². The maximum atomic E-state index is 14.0. The van der Waals surface area contributed by atoms with E-state index in [2.05, 4.69) is 16.0 Å². The number of hydrogen-bond donors (Lipinski definition) is 3. The summed E-state index contributed by atoms with van der Waals surface area (Å²) in [5.74, 6) is -0.830. The summed E-state index contributed by atoms with van der Waals surface area (Å²) >= 11 is 5.72. The molecule has 1 unspecified atom stereocenters. The lowest BCUT2D eigenvalue weighted by Crippen LogP contribution is -2.43. The molecule has 0 saturated carbocycles. The molecule has 0 saturated heterocycles. The number of carbonyl (C=O) groups is 2. The van der Waals surface area contributed by atoms with E-state index < -0.39 is 17.9 Å². The van der Waals surface area contributed by atoms with Gasteiger partial charge in [0.25, 0.3) is 0 Å². The van der Waals surface area contributed by atoms with E-state index in [-0.39, 0.29) is 18.4 Å². The normalized spacial score (nSPS) is 11.9. The molecule has 7 heteroatoms. The quantitative estimate of drug-likeness (QED) is 0.779. The van der Waals surface area contributed by atoms with Gasteiger partial charge in [0, 0.05) is 17.6 Å². The highest BCUT2D eigenvalue weighted by molar-refractivity contribution is 6.30. The van der Waals surface area contributed by atoms with Crippen molar-refractivity contribution in [1.82, 2.24) is 16.0 Å². The summed E-state index contributed by atoms with van der Waals surface area (Å²) in [6.45, 7) is 3.58. The van der Waals surface area contributed by atoms with Gasteiger partial charge in [-0.25, -0.2) is 9.18 Å². The van der Waals surface area contributed by atoms with Crippen LogP contribution in [0.3, 0.4) is 0 Å². The molecular weight excluding hydrogens is 297 g/mol. The second kappa shape index (κ2) is 7.83. The Hall–Kier alpha value is -1.82. The summed E-state index contributed by atoms with van der Waals surface area (Å²) in [6.07, 6.45) is 0. The summed E-state index contributed by atoms with van der Waals surface area (Å²) in [7, 11) is 1.47. The largest absolute Gasteiger partial charge is 0.358 e. The third kappa shape index (κ3) is 5.23. The number of halogens is 2. The molecule has 1 aromatic rings. The van der Waals surface area contributed by atoms with Crippen molar-refractivity contribution >= 4 is 23.5 Å². The SMILES string of the molecule is CNC(=O)CNC(=O)NC(c1ccc(Cl)cc1F)C(C)C. The average Bonchev–Trinajstić information content (AvgIpc) is 2.42. The zero-order valence-corrected chi connectivity index (χ0v) is 12.9. The highest BCUT2D eigenvalue weighted by atomic mass is 35.5. The van der Waals surface area contributed by atoms with E-state index in [1.165, 1.54) is 13.1 Å². The summed E-state index contributed by atoms with van der Waals surface area (Å²) in [6, 6.07) is 3.26. The Morgan fingerprint density at radius 3 is 2.52 bits per heavy atom. The van der Waals surface area contributed by atoms with Crippen LogP contribution in [0.4, 0.5) is 9.18 Å². The van der Waals surface area contributed by atoms with Gasteiger partial charge >= 0.3 is 6.03 Å². The summed E-state index contributed by atoms with van der Waals surface area (Å²) in [5, 5.41) is 7.75. The topological polar surface area (TPSA) is 70.2 Å². The maximum Gasteiger partial charge on any atom is 0.315 e. The summed E-state index contributed by atoms with van der Waals surface area (Å²) < 4.78 is 14.0. The van der Waals surface area contributed by atoms with Gasteiger partial charge in [-0.1, -0.05) is 31.5 Å². The molecule has 0 spiro atoms. The predicted molar refractivity (Wildman–Crippen MR) is 79.6 cm³/mol. The van der Waals surface area contributed by atoms with E-state index in [1.54, 1.807) is 12.1 Å². The lowest BCUT2D eigenvalue weighted by atomic mass is 9.96. The monoisotopic (exact) mass is 315 g/mol. The lowest BCUT2D eigenvalue weighted by Gasteiger charge is -2.23. The van der Waals surface area contributed by atoms with Gasteiger partial charge in [0.05, 0.1) is 12.6 Å².